The number of fused-ring (bicyclic) bond motifs is 4. The Balaban J connectivity index is 1.43. The SMILES string of the molecule is COc1cc([C@H]2C3=CC[C@@H]4C(=O)N(c5ccccc5)C(=O)[C@@H]4[C@@H]3C[C@@]3(Cl)C(=O)N(c4ccc(F)cc4)C(=O)[C@@]23Cl)cc(Br)c1O. The van der Waals surface area contributed by atoms with Crippen molar-refractivity contribution in [3.8, 4) is 11.5 Å². The lowest BCUT2D eigenvalue weighted by Crippen LogP contribution is -2.60. The molecule has 3 fully saturated rings. The Morgan fingerprint density at radius 1 is 0.911 bits per heavy atom. The second-order valence-corrected chi connectivity index (χ2v) is 13.7. The van der Waals surface area contributed by atoms with Gasteiger partial charge in [0, 0.05) is 5.92 Å². The zero-order valence-corrected chi connectivity index (χ0v) is 26.6. The predicted octanol–water partition coefficient (Wildman–Crippen LogP) is 6.07. The molecule has 0 unspecified atom stereocenters. The van der Waals surface area contributed by atoms with Gasteiger partial charge in [0.1, 0.15) is 5.82 Å². The van der Waals surface area contributed by atoms with Crippen LogP contribution in [0.25, 0.3) is 0 Å². The van der Waals surface area contributed by atoms with Crippen LogP contribution in [0, 0.1) is 23.6 Å². The number of rotatable bonds is 4. The van der Waals surface area contributed by atoms with E-state index in [0.717, 1.165) is 17.0 Å². The maximum Gasteiger partial charge on any atom is 0.258 e. The van der Waals surface area contributed by atoms with Crippen molar-refractivity contribution in [2.24, 2.45) is 17.8 Å². The van der Waals surface area contributed by atoms with Crippen molar-refractivity contribution in [1.29, 1.82) is 0 Å². The van der Waals surface area contributed by atoms with Crippen LogP contribution in [0.1, 0.15) is 24.3 Å². The first-order valence-corrected chi connectivity index (χ1v) is 15.7. The zero-order chi connectivity index (χ0) is 32.0. The number of para-hydroxylation sites is 1. The number of phenolic OH excluding ortho intramolecular Hbond substituents is 1. The third-order valence-corrected chi connectivity index (χ3v) is 11.5. The number of ether oxygens (including phenoxy) is 1. The Bertz CT molecular complexity index is 1840. The number of hydrogen-bond acceptors (Lipinski definition) is 6. The molecule has 2 heterocycles. The lowest BCUT2D eigenvalue weighted by atomic mass is 9.56. The summed E-state index contributed by atoms with van der Waals surface area (Å²) in [6, 6.07) is 16.5. The van der Waals surface area contributed by atoms with Crippen LogP contribution < -0.4 is 14.5 Å². The Morgan fingerprint density at radius 2 is 1.58 bits per heavy atom. The molecular formula is C33H24BrCl2FN2O6. The molecule has 0 bridgehead atoms. The number of imide groups is 2. The summed E-state index contributed by atoms with van der Waals surface area (Å²) < 4.78 is 19.5. The summed E-state index contributed by atoms with van der Waals surface area (Å²) in [6.07, 6.45) is 1.81. The van der Waals surface area contributed by atoms with Crippen LogP contribution in [0.4, 0.5) is 15.8 Å². The van der Waals surface area contributed by atoms with Crippen LogP contribution in [-0.4, -0.2) is 45.6 Å². The van der Waals surface area contributed by atoms with E-state index < -0.39 is 57.0 Å². The molecule has 8 nitrogen and oxygen atoms in total. The van der Waals surface area contributed by atoms with Crippen molar-refractivity contribution < 1.29 is 33.4 Å². The molecule has 45 heavy (non-hydrogen) atoms. The molecule has 2 aliphatic heterocycles. The number of hydrogen-bond donors (Lipinski definition) is 1. The standard InChI is InChI=1S/C33H24BrCl2FN2O6/c1-45-24-14-16(13-23(34)27(24)40)26-20-11-12-21-25(29(42)38(28(21)41)18-5-3-2-4-6-18)22(20)15-32(35)30(43)39(31(44)33(26,32)36)19-9-7-17(37)8-10-19/h2-11,13-14,21-22,25-26,40H,12,15H2,1H3/t21-,22+,25-,26-,32+,33-/m0/s1. The van der Waals surface area contributed by atoms with Gasteiger partial charge in [-0.2, -0.15) is 0 Å². The first kappa shape index (κ1) is 30.0. The van der Waals surface area contributed by atoms with Gasteiger partial charge < -0.3 is 9.84 Å². The summed E-state index contributed by atoms with van der Waals surface area (Å²) >= 11 is 18.1. The first-order chi connectivity index (χ1) is 21.4. The summed E-state index contributed by atoms with van der Waals surface area (Å²) in [5, 5.41) is 10.6. The normalized spacial score (nSPS) is 30.6. The summed E-state index contributed by atoms with van der Waals surface area (Å²) in [6.45, 7) is 0. The fourth-order valence-electron chi connectivity index (χ4n) is 7.52. The summed E-state index contributed by atoms with van der Waals surface area (Å²) in [4.78, 5) is 54.5. The average Bonchev–Trinajstić information content (AvgIpc) is 3.37. The van der Waals surface area contributed by atoms with Crippen molar-refractivity contribution in [1.82, 2.24) is 0 Å². The van der Waals surface area contributed by atoms with E-state index in [-0.39, 0.29) is 40.4 Å². The van der Waals surface area contributed by atoms with E-state index in [2.05, 4.69) is 15.9 Å². The molecule has 2 aliphatic carbocycles. The Hall–Kier alpha value is -3.73. The van der Waals surface area contributed by atoms with Crippen LogP contribution in [0.2, 0.25) is 0 Å². The number of anilines is 2. The highest BCUT2D eigenvalue weighted by Gasteiger charge is 2.76. The molecule has 1 saturated carbocycles. The number of amides is 4. The second-order valence-electron chi connectivity index (χ2n) is 11.7. The number of benzene rings is 3. The van der Waals surface area contributed by atoms with E-state index in [1.807, 2.05) is 6.08 Å². The topological polar surface area (TPSA) is 104 Å². The minimum absolute atomic E-state index is 0.0748. The van der Waals surface area contributed by atoms with Gasteiger partial charge in [-0.25, -0.2) is 9.29 Å². The molecule has 4 amide bonds. The number of halogens is 4. The molecule has 1 N–H and O–H groups in total. The van der Waals surface area contributed by atoms with Crippen LogP contribution in [0.3, 0.4) is 0 Å². The predicted molar refractivity (Wildman–Crippen MR) is 168 cm³/mol. The average molecular weight is 714 g/mol. The number of alkyl halides is 2. The zero-order valence-electron chi connectivity index (χ0n) is 23.5. The third kappa shape index (κ3) is 4.01. The van der Waals surface area contributed by atoms with Crippen LogP contribution >= 0.6 is 39.1 Å². The highest BCUT2D eigenvalue weighted by atomic mass is 79.9. The van der Waals surface area contributed by atoms with Gasteiger partial charge in [-0.3, -0.25) is 24.1 Å². The fraction of sp³-hybridized carbons (Fsp3) is 0.273. The molecule has 0 aromatic heterocycles. The van der Waals surface area contributed by atoms with Crippen LogP contribution in [0.15, 0.2) is 82.9 Å². The van der Waals surface area contributed by atoms with Crippen LogP contribution in [0.5, 0.6) is 11.5 Å². The highest BCUT2D eigenvalue weighted by molar-refractivity contribution is 9.10. The Labute approximate surface area is 275 Å². The fourth-order valence-corrected chi connectivity index (χ4v) is 8.92. The lowest BCUT2D eigenvalue weighted by Gasteiger charge is -2.50. The number of allylic oxidation sites excluding steroid dienone is 2. The molecule has 7 rings (SSSR count). The minimum Gasteiger partial charge on any atom is -0.503 e. The number of phenols is 1. The lowest BCUT2D eigenvalue weighted by molar-refractivity contribution is -0.125. The Kier molecular flexibility index (Phi) is 6.92. The molecular weight excluding hydrogens is 690 g/mol. The van der Waals surface area contributed by atoms with E-state index in [1.54, 1.807) is 36.4 Å². The van der Waals surface area contributed by atoms with Crippen molar-refractivity contribution in [2.45, 2.75) is 28.5 Å². The Morgan fingerprint density at radius 3 is 2.24 bits per heavy atom. The van der Waals surface area contributed by atoms with E-state index in [9.17, 15) is 28.7 Å². The molecule has 3 aromatic rings. The smallest absolute Gasteiger partial charge is 0.258 e. The van der Waals surface area contributed by atoms with Gasteiger partial charge in [-0.1, -0.05) is 29.8 Å². The molecule has 0 radical (unpaired) electrons. The first-order valence-electron chi connectivity index (χ1n) is 14.2. The van der Waals surface area contributed by atoms with E-state index in [1.165, 1.54) is 30.2 Å². The van der Waals surface area contributed by atoms with Gasteiger partial charge in [0.05, 0.1) is 34.8 Å². The number of carbonyl (C=O) groups excluding carboxylic acids is 4. The molecule has 3 aromatic carbocycles. The summed E-state index contributed by atoms with van der Waals surface area (Å²) in [5.41, 5.74) is 1.50. The largest absolute Gasteiger partial charge is 0.503 e. The molecule has 4 aliphatic rings. The summed E-state index contributed by atoms with van der Waals surface area (Å²) in [5.74, 6) is -6.51. The molecule has 12 heteroatoms. The number of methoxy groups -OCH3 is 1. The molecule has 0 spiro atoms. The van der Waals surface area contributed by atoms with Crippen molar-refractivity contribution in [3.05, 3.63) is 94.2 Å². The maximum atomic E-state index is 14.5. The monoisotopic (exact) mass is 712 g/mol. The van der Waals surface area contributed by atoms with Crippen LogP contribution in [-0.2, 0) is 19.2 Å². The second kappa shape index (κ2) is 10.4. The van der Waals surface area contributed by atoms with Gasteiger partial charge in [0.2, 0.25) is 11.8 Å². The van der Waals surface area contributed by atoms with Crippen molar-refractivity contribution >= 4 is 74.1 Å². The van der Waals surface area contributed by atoms with Crippen molar-refractivity contribution in [2.75, 3.05) is 16.9 Å². The number of carbonyl (C=O) groups is 4. The quantitative estimate of drug-likeness (QED) is 0.200. The van der Waals surface area contributed by atoms with Gasteiger partial charge in [-0.05, 0) is 88.8 Å². The van der Waals surface area contributed by atoms with Gasteiger partial charge in [-0.15, -0.1) is 23.2 Å². The number of aromatic hydroxyl groups is 1. The molecule has 6 atom stereocenters. The van der Waals surface area contributed by atoms with E-state index in [0.29, 0.717) is 16.8 Å². The van der Waals surface area contributed by atoms with E-state index in [4.69, 9.17) is 27.9 Å². The van der Waals surface area contributed by atoms with Gasteiger partial charge in [0.15, 0.2) is 21.2 Å². The van der Waals surface area contributed by atoms with Gasteiger partial charge >= 0.3 is 0 Å². The highest BCUT2D eigenvalue weighted by Crippen LogP contribution is 2.66. The summed E-state index contributed by atoms with van der Waals surface area (Å²) in [7, 11) is 1.36. The molecule has 230 valence electrons. The third-order valence-electron chi connectivity index (χ3n) is 9.51. The minimum atomic E-state index is -2.11. The van der Waals surface area contributed by atoms with E-state index >= 15 is 0 Å². The number of nitrogens with zero attached hydrogens (tertiary/aromatic N) is 2. The van der Waals surface area contributed by atoms with Crippen molar-refractivity contribution in [3.63, 3.8) is 0 Å². The molecule has 2 saturated heterocycles. The van der Waals surface area contributed by atoms with Gasteiger partial charge in [0.25, 0.3) is 11.8 Å². The maximum absolute atomic E-state index is 14.5.